The predicted molar refractivity (Wildman–Crippen MR) is 103 cm³/mol. The molecule has 0 aliphatic heterocycles. The van der Waals surface area contributed by atoms with Gasteiger partial charge in [0.15, 0.2) is 0 Å². The Labute approximate surface area is 159 Å². The van der Waals surface area contributed by atoms with E-state index in [0.717, 1.165) is 16.8 Å². The molecule has 0 aliphatic carbocycles. The van der Waals surface area contributed by atoms with Crippen molar-refractivity contribution < 1.29 is 8.81 Å². The largest absolute Gasteiger partial charge is 0.444 e. The third kappa shape index (κ3) is 4.51. The van der Waals surface area contributed by atoms with Crippen molar-refractivity contribution in [2.75, 3.05) is 0 Å². The number of aromatic nitrogens is 4. The summed E-state index contributed by atoms with van der Waals surface area (Å²) < 4.78 is 18.5. The normalized spacial score (nSPS) is 11.3. The van der Waals surface area contributed by atoms with Crippen LogP contribution >= 0.6 is 11.8 Å². The fourth-order valence-electron chi connectivity index (χ4n) is 2.37. The van der Waals surface area contributed by atoms with Crippen molar-refractivity contribution in [3.8, 4) is 11.5 Å². The van der Waals surface area contributed by atoms with Gasteiger partial charge in [-0.05, 0) is 35.9 Å². The Bertz CT molecular complexity index is 1040. The van der Waals surface area contributed by atoms with E-state index in [1.165, 1.54) is 23.9 Å². The van der Waals surface area contributed by atoms with Crippen LogP contribution in [-0.4, -0.2) is 20.2 Å². The minimum Gasteiger partial charge on any atom is -0.444 e. The number of H-pyrrole nitrogens is 1. The smallest absolute Gasteiger partial charge is 0.226 e. The van der Waals surface area contributed by atoms with Gasteiger partial charge >= 0.3 is 0 Å². The lowest BCUT2D eigenvalue weighted by atomic mass is 10.2. The molecule has 2 aromatic carbocycles. The lowest BCUT2D eigenvalue weighted by Gasteiger charge is -1.94. The highest BCUT2D eigenvalue weighted by Gasteiger charge is 2.09. The first-order chi connectivity index (χ1) is 13.3. The number of benzene rings is 2. The Balaban J connectivity index is 1.36. The third-order valence-electron chi connectivity index (χ3n) is 3.71. The van der Waals surface area contributed by atoms with Crippen molar-refractivity contribution in [3.05, 3.63) is 83.8 Å². The summed E-state index contributed by atoms with van der Waals surface area (Å²) in [5.41, 5.74) is 2.60. The highest BCUT2D eigenvalue weighted by atomic mass is 32.2. The summed E-state index contributed by atoms with van der Waals surface area (Å²) >= 11 is 1.46. The summed E-state index contributed by atoms with van der Waals surface area (Å²) in [6, 6.07) is 16.0. The first kappa shape index (κ1) is 17.2. The van der Waals surface area contributed by atoms with Gasteiger partial charge < -0.3 is 4.42 Å². The van der Waals surface area contributed by atoms with E-state index in [4.69, 9.17) is 4.42 Å². The summed E-state index contributed by atoms with van der Waals surface area (Å²) in [6.07, 6.45) is 5.45. The SMILES string of the molecule is Fc1ccc(-c2nc(CSc3n[nH]c(/C=C/c4ccccc4)n3)co2)cc1. The van der Waals surface area contributed by atoms with Crippen LogP contribution in [0.4, 0.5) is 4.39 Å². The fraction of sp³-hybridized carbons (Fsp3) is 0.0500. The van der Waals surface area contributed by atoms with Crippen LogP contribution in [0.3, 0.4) is 0 Å². The first-order valence-electron chi connectivity index (χ1n) is 8.25. The molecule has 7 heteroatoms. The van der Waals surface area contributed by atoms with E-state index in [0.29, 0.717) is 22.6 Å². The Hall–Kier alpha value is -3.19. The molecule has 4 aromatic rings. The molecule has 0 aliphatic rings. The van der Waals surface area contributed by atoms with E-state index < -0.39 is 0 Å². The molecule has 0 saturated heterocycles. The monoisotopic (exact) mass is 378 g/mol. The molecule has 2 aromatic heterocycles. The maximum Gasteiger partial charge on any atom is 0.226 e. The van der Waals surface area contributed by atoms with Crippen molar-refractivity contribution in [2.45, 2.75) is 10.9 Å². The maximum absolute atomic E-state index is 13.0. The van der Waals surface area contributed by atoms with Crippen molar-refractivity contribution in [1.82, 2.24) is 20.2 Å². The van der Waals surface area contributed by atoms with Crippen LogP contribution in [0.5, 0.6) is 0 Å². The van der Waals surface area contributed by atoms with Crippen LogP contribution in [0.25, 0.3) is 23.6 Å². The van der Waals surface area contributed by atoms with Crippen LogP contribution in [0.1, 0.15) is 17.1 Å². The molecule has 0 atom stereocenters. The van der Waals surface area contributed by atoms with Crippen LogP contribution in [-0.2, 0) is 5.75 Å². The number of nitrogens with zero attached hydrogens (tertiary/aromatic N) is 3. The number of thioether (sulfide) groups is 1. The van der Waals surface area contributed by atoms with Crippen LogP contribution in [0, 0.1) is 5.82 Å². The van der Waals surface area contributed by atoms with Gasteiger partial charge in [-0.25, -0.2) is 14.4 Å². The van der Waals surface area contributed by atoms with Gasteiger partial charge in [0.2, 0.25) is 11.0 Å². The average molecular weight is 378 g/mol. The Morgan fingerprint density at radius 3 is 2.63 bits per heavy atom. The van der Waals surface area contributed by atoms with Crippen molar-refractivity contribution >= 4 is 23.9 Å². The number of oxazole rings is 1. The molecule has 1 N–H and O–H groups in total. The molecule has 0 unspecified atom stereocenters. The predicted octanol–water partition coefficient (Wildman–Crippen LogP) is 5.06. The topological polar surface area (TPSA) is 67.6 Å². The zero-order chi connectivity index (χ0) is 18.5. The molecule has 0 bridgehead atoms. The molecule has 0 spiro atoms. The number of nitrogens with one attached hydrogen (secondary N) is 1. The van der Waals surface area contributed by atoms with Gasteiger partial charge in [-0.3, -0.25) is 5.10 Å². The second-order valence-corrected chi connectivity index (χ2v) is 6.63. The second-order valence-electron chi connectivity index (χ2n) is 5.69. The van der Waals surface area contributed by atoms with Crippen molar-refractivity contribution in [3.63, 3.8) is 0 Å². The molecular formula is C20H15FN4OS. The quantitative estimate of drug-likeness (QED) is 0.475. The fourth-order valence-corrected chi connectivity index (χ4v) is 3.06. The van der Waals surface area contributed by atoms with E-state index in [2.05, 4.69) is 20.2 Å². The van der Waals surface area contributed by atoms with E-state index in [-0.39, 0.29) is 5.82 Å². The summed E-state index contributed by atoms with van der Waals surface area (Å²) in [4.78, 5) is 8.84. The van der Waals surface area contributed by atoms with Crippen LogP contribution in [0.2, 0.25) is 0 Å². The standard InChI is InChI=1S/C20H15FN4OS/c21-16-9-7-15(8-10-16)19-22-17(12-26-19)13-27-20-23-18(24-25-20)11-6-14-4-2-1-3-5-14/h1-12H,13H2,(H,23,24,25)/b11-6+. The van der Waals surface area contributed by atoms with Gasteiger partial charge in [0.1, 0.15) is 17.9 Å². The minimum absolute atomic E-state index is 0.289. The van der Waals surface area contributed by atoms with Crippen molar-refractivity contribution in [1.29, 1.82) is 0 Å². The molecule has 0 saturated carbocycles. The van der Waals surface area contributed by atoms with E-state index in [1.54, 1.807) is 18.4 Å². The van der Waals surface area contributed by atoms with Gasteiger partial charge in [-0.15, -0.1) is 5.10 Å². The average Bonchev–Trinajstić information content (AvgIpc) is 3.36. The highest BCUT2D eigenvalue weighted by molar-refractivity contribution is 7.98. The van der Waals surface area contributed by atoms with Gasteiger partial charge in [0.25, 0.3) is 0 Å². The van der Waals surface area contributed by atoms with E-state index in [9.17, 15) is 4.39 Å². The lowest BCUT2D eigenvalue weighted by molar-refractivity contribution is 0.573. The van der Waals surface area contributed by atoms with E-state index in [1.807, 2.05) is 42.5 Å². The van der Waals surface area contributed by atoms with E-state index >= 15 is 0 Å². The summed E-state index contributed by atoms with van der Waals surface area (Å²) in [6.45, 7) is 0. The number of hydrogen-bond acceptors (Lipinski definition) is 5. The van der Waals surface area contributed by atoms with Gasteiger partial charge in [-0.1, -0.05) is 48.2 Å². The van der Waals surface area contributed by atoms with Gasteiger partial charge in [0.05, 0.1) is 5.69 Å². The number of rotatable bonds is 6. The summed E-state index contributed by atoms with van der Waals surface area (Å²) in [5, 5.41) is 7.73. The first-order valence-corrected chi connectivity index (χ1v) is 9.23. The maximum atomic E-state index is 13.0. The second kappa shape index (κ2) is 8.01. The zero-order valence-electron chi connectivity index (χ0n) is 14.2. The molecule has 5 nitrogen and oxygen atoms in total. The molecule has 0 radical (unpaired) electrons. The molecule has 2 heterocycles. The molecule has 4 rings (SSSR count). The van der Waals surface area contributed by atoms with Gasteiger partial charge in [-0.2, -0.15) is 0 Å². The number of halogens is 1. The van der Waals surface area contributed by atoms with Crippen molar-refractivity contribution in [2.24, 2.45) is 0 Å². The lowest BCUT2D eigenvalue weighted by Crippen LogP contribution is -1.84. The number of aromatic amines is 1. The summed E-state index contributed by atoms with van der Waals surface area (Å²) in [7, 11) is 0. The van der Waals surface area contributed by atoms with Gasteiger partial charge in [0, 0.05) is 11.3 Å². The molecule has 27 heavy (non-hydrogen) atoms. The highest BCUT2D eigenvalue weighted by Crippen LogP contribution is 2.23. The Kier molecular flexibility index (Phi) is 5.11. The van der Waals surface area contributed by atoms with Crippen LogP contribution in [0.15, 0.2) is 70.4 Å². The molecule has 0 fully saturated rings. The van der Waals surface area contributed by atoms with Crippen LogP contribution < -0.4 is 0 Å². The minimum atomic E-state index is -0.289. The Morgan fingerprint density at radius 1 is 1.00 bits per heavy atom. The summed E-state index contributed by atoms with van der Waals surface area (Å²) in [5.74, 6) is 1.44. The molecule has 0 amide bonds. The number of hydrogen-bond donors (Lipinski definition) is 1. The zero-order valence-corrected chi connectivity index (χ0v) is 15.0. The third-order valence-corrected chi connectivity index (χ3v) is 4.59. The molecule has 134 valence electrons. The molecular weight excluding hydrogens is 363 g/mol. The Morgan fingerprint density at radius 2 is 1.81 bits per heavy atom.